The number of nitrogens with zero attached hydrogens (tertiary/aromatic N) is 1. The Hall–Kier alpha value is -1.28. The highest BCUT2D eigenvalue weighted by molar-refractivity contribution is 5.57. The molecule has 2 nitrogen and oxygen atoms in total. The van der Waals surface area contributed by atoms with Gasteiger partial charge in [-0.2, -0.15) is 0 Å². The van der Waals surface area contributed by atoms with E-state index in [1.807, 2.05) is 6.08 Å². The maximum Gasteiger partial charge on any atom is 0.0421 e. The van der Waals surface area contributed by atoms with Crippen LogP contribution >= 0.6 is 0 Å². The molecule has 0 fully saturated rings. The number of para-hydroxylation sites is 1. The molecule has 0 saturated heterocycles. The van der Waals surface area contributed by atoms with Crippen molar-refractivity contribution in [2.24, 2.45) is 0 Å². The van der Waals surface area contributed by atoms with Gasteiger partial charge in [0.15, 0.2) is 0 Å². The van der Waals surface area contributed by atoms with Gasteiger partial charge < -0.3 is 10.2 Å². The van der Waals surface area contributed by atoms with Gasteiger partial charge in [0, 0.05) is 23.8 Å². The second kappa shape index (κ2) is 7.49. The number of nitrogens with one attached hydrogen (secondary N) is 1. The van der Waals surface area contributed by atoms with E-state index in [1.165, 1.54) is 11.3 Å². The molecule has 0 spiro atoms. The fourth-order valence-corrected chi connectivity index (χ4v) is 2.61. The van der Waals surface area contributed by atoms with Crippen LogP contribution in [0.15, 0.2) is 36.9 Å². The van der Waals surface area contributed by atoms with Gasteiger partial charge in [-0.1, -0.05) is 38.1 Å². The monoisotopic (exact) mass is 274 g/mol. The van der Waals surface area contributed by atoms with Crippen LogP contribution in [0.3, 0.4) is 0 Å². The van der Waals surface area contributed by atoms with Crippen molar-refractivity contribution in [2.45, 2.75) is 52.6 Å². The third-order valence-corrected chi connectivity index (χ3v) is 3.58. The molecule has 1 unspecified atom stereocenters. The molecule has 2 heteroatoms. The van der Waals surface area contributed by atoms with E-state index in [0.717, 1.165) is 19.5 Å². The van der Waals surface area contributed by atoms with Crippen molar-refractivity contribution in [3.8, 4) is 0 Å². The molecule has 1 aromatic rings. The van der Waals surface area contributed by atoms with Crippen molar-refractivity contribution in [3.63, 3.8) is 0 Å². The summed E-state index contributed by atoms with van der Waals surface area (Å²) in [5.74, 6) is 0. The summed E-state index contributed by atoms with van der Waals surface area (Å²) in [5.41, 5.74) is 2.77. The molecule has 0 heterocycles. The van der Waals surface area contributed by atoms with Gasteiger partial charge in [0.1, 0.15) is 0 Å². The first-order valence-electron chi connectivity index (χ1n) is 7.66. The maximum atomic E-state index is 3.91. The molecular weight excluding hydrogens is 244 g/mol. The predicted octanol–water partition coefficient (Wildman–Crippen LogP) is 4.54. The second-order valence-corrected chi connectivity index (χ2v) is 6.15. The van der Waals surface area contributed by atoms with Crippen molar-refractivity contribution in [2.75, 3.05) is 18.0 Å². The van der Waals surface area contributed by atoms with Crippen LogP contribution in [0.5, 0.6) is 0 Å². The molecule has 112 valence electrons. The average Bonchev–Trinajstić information content (AvgIpc) is 2.41. The fourth-order valence-electron chi connectivity index (χ4n) is 2.61. The van der Waals surface area contributed by atoms with Gasteiger partial charge in [-0.05, 0) is 45.4 Å². The highest BCUT2D eigenvalue weighted by Gasteiger charge is 2.24. The number of benzene rings is 1. The highest BCUT2D eigenvalue weighted by atomic mass is 15.2. The van der Waals surface area contributed by atoms with Crippen LogP contribution in [0, 0.1) is 0 Å². The molecule has 0 amide bonds. The molecule has 0 bridgehead atoms. The SMILES string of the molecule is C=CCN(c1ccccc1C(CC)NCC)C(C)(C)C. The Bertz CT molecular complexity index is 418. The zero-order chi connectivity index (χ0) is 15.2. The van der Waals surface area contributed by atoms with E-state index in [1.54, 1.807) is 0 Å². The maximum absolute atomic E-state index is 3.91. The van der Waals surface area contributed by atoms with Crippen molar-refractivity contribution in [1.29, 1.82) is 0 Å². The Morgan fingerprint density at radius 3 is 2.40 bits per heavy atom. The molecule has 0 radical (unpaired) electrons. The summed E-state index contributed by atoms with van der Waals surface area (Å²) in [7, 11) is 0. The molecule has 1 N–H and O–H groups in total. The van der Waals surface area contributed by atoms with E-state index in [2.05, 4.69) is 75.7 Å². The topological polar surface area (TPSA) is 15.3 Å². The Morgan fingerprint density at radius 1 is 1.25 bits per heavy atom. The second-order valence-electron chi connectivity index (χ2n) is 6.15. The highest BCUT2D eigenvalue weighted by Crippen LogP contribution is 2.32. The first-order chi connectivity index (χ1) is 9.45. The Kier molecular flexibility index (Phi) is 6.28. The number of rotatable bonds is 7. The largest absolute Gasteiger partial charge is 0.363 e. The van der Waals surface area contributed by atoms with Crippen LogP contribution in [0.25, 0.3) is 0 Å². The van der Waals surface area contributed by atoms with Gasteiger partial charge in [0.2, 0.25) is 0 Å². The lowest BCUT2D eigenvalue weighted by Crippen LogP contribution is -2.42. The van der Waals surface area contributed by atoms with E-state index in [0.29, 0.717) is 6.04 Å². The van der Waals surface area contributed by atoms with Gasteiger partial charge in [0.25, 0.3) is 0 Å². The van der Waals surface area contributed by atoms with Gasteiger partial charge in [-0.25, -0.2) is 0 Å². The summed E-state index contributed by atoms with van der Waals surface area (Å²) in [4.78, 5) is 2.43. The minimum atomic E-state index is 0.0782. The molecule has 0 aliphatic heterocycles. The van der Waals surface area contributed by atoms with Crippen molar-refractivity contribution >= 4 is 5.69 Å². The van der Waals surface area contributed by atoms with Gasteiger partial charge in [-0.15, -0.1) is 6.58 Å². The third-order valence-electron chi connectivity index (χ3n) is 3.58. The molecule has 0 aliphatic rings. The first-order valence-corrected chi connectivity index (χ1v) is 7.66. The van der Waals surface area contributed by atoms with Crippen LogP contribution in [0.4, 0.5) is 5.69 Å². The van der Waals surface area contributed by atoms with Gasteiger partial charge in [-0.3, -0.25) is 0 Å². The summed E-state index contributed by atoms with van der Waals surface area (Å²) in [6.45, 7) is 16.9. The molecule has 0 aliphatic carbocycles. The molecule has 20 heavy (non-hydrogen) atoms. The van der Waals surface area contributed by atoms with E-state index >= 15 is 0 Å². The normalized spacial score (nSPS) is 13.1. The molecule has 0 saturated carbocycles. The number of hydrogen-bond acceptors (Lipinski definition) is 2. The smallest absolute Gasteiger partial charge is 0.0421 e. The number of hydrogen-bond donors (Lipinski definition) is 1. The Labute approximate surface area is 124 Å². The van der Waals surface area contributed by atoms with E-state index < -0.39 is 0 Å². The summed E-state index contributed by atoms with van der Waals surface area (Å²) in [5, 5.41) is 3.58. The molecule has 1 aromatic carbocycles. The molecule has 1 rings (SSSR count). The van der Waals surface area contributed by atoms with Crippen molar-refractivity contribution in [1.82, 2.24) is 5.32 Å². The Morgan fingerprint density at radius 2 is 1.90 bits per heavy atom. The Balaban J connectivity index is 3.24. The first kappa shape index (κ1) is 16.8. The summed E-state index contributed by atoms with van der Waals surface area (Å²) < 4.78 is 0. The van der Waals surface area contributed by atoms with Crippen LogP contribution in [0.1, 0.15) is 52.6 Å². The van der Waals surface area contributed by atoms with Crippen LogP contribution in [0.2, 0.25) is 0 Å². The zero-order valence-corrected chi connectivity index (χ0v) is 13.7. The lowest BCUT2D eigenvalue weighted by molar-refractivity contribution is 0.505. The third kappa shape index (κ3) is 4.11. The van der Waals surface area contributed by atoms with Crippen LogP contribution in [-0.2, 0) is 0 Å². The summed E-state index contributed by atoms with van der Waals surface area (Å²) in [6, 6.07) is 9.14. The standard InChI is InChI=1S/C18H30N2/c1-7-14-20(18(4,5)6)17-13-11-10-12-15(17)16(8-2)19-9-3/h7,10-13,16,19H,1,8-9,14H2,2-6H3. The minimum absolute atomic E-state index is 0.0782. The lowest BCUT2D eigenvalue weighted by atomic mass is 9.97. The van der Waals surface area contributed by atoms with E-state index in [9.17, 15) is 0 Å². The lowest BCUT2D eigenvalue weighted by Gasteiger charge is -2.39. The van der Waals surface area contributed by atoms with Crippen molar-refractivity contribution in [3.05, 3.63) is 42.5 Å². The number of anilines is 1. The molecule has 0 aromatic heterocycles. The van der Waals surface area contributed by atoms with E-state index in [4.69, 9.17) is 0 Å². The van der Waals surface area contributed by atoms with E-state index in [-0.39, 0.29) is 5.54 Å². The summed E-state index contributed by atoms with van der Waals surface area (Å²) in [6.07, 6.45) is 3.08. The molecule has 1 atom stereocenters. The predicted molar refractivity (Wildman–Crippen MR) is 90.4 cm³/mol. The fraction of sp³-hybridized carbons (Fsp3) is 0.556. The average molecular weight is 274 g/mol. The van der Waals surface area contributed by atoms with Crippen LogP contribution < -0.4 is 10.2 Å². The van der Waals surface area contributed by atoms with Gasteiger partial charge >= 0.3 is 0 Å². The van der Waals surface area contributed by atoms with Gasteiger partial charge in [0.05, 0.1) is 0 Å². The van der Waals surface area contributed by atoms with Crippen LogP contribution in [-0.4, -0.2) is 18.6 Å². The zero-order valence-electron chi connectivity index (χ0n) is 13.7. The minimum Gasteiger partial charge on any atom is -0.363 e. The molecular formula is C18H30N2. The quantitative estimate of drug-likeness (QED) is 0.734. The van der Waals surface area contributed by atoms with Crippen molar-refractivity contribution < 1.29 is 0 Å². The summed E-state index contributed by atoms with van der Waals surface area (Å²) >= 11 is 0.